The van der Waals surface area contributed by atoms with Crippen LogP contribution >= 0.6 is 0 Å². The van der Waals surface area contributed by atoms with E-state index in [0.717, 1.165) is 19.3 Å². The second kappa shape index (κ2) is 17.1. The number of hydrogen-bond acceptors (Lipinski definition) is 2. The van der Waals surface area contributed by atoms with Crippen LogP contribution in [0.1, 0.15) is 130 Å². The van der Waals surface area contributed by atoms with Crippen LogP contribution < -0.4 is 0 Å². The Balaban J connectivity index is 4.21. The summed E-state index contributed by atoms with van der Waals surface area (Å²) in [6, 6.07) is 0. The van der Waals surface area contributed by atoms with E-state index in [9.17, 15) is 19.8 Å². The molecule has 0 saturated heterocycles. The number of aliphatic carboxylic acids is 2. The van der Waals surface area contributed by atoms with Crippen molar-refractivity contribution in [2.75, 3.05) is 21.1 Å². The molecule has 2 N–H and O–H groups in total. The fraction of sp³-hybridized carbons (Fsp3) is 0.862. The Bertz CT molecular complexity index is 591. The average molecular weight is 483 g/mol. The SMILES string of the molecule is CCCCCCCCC=CCCCCCCCCC(CCC(C)(C)C(=O)O)(C(=O)O)[N+](C)(C)C. The molecule has 0 amide bonds. The number of likely N-dealkylation sites (N-methyl/N-ethyl adjacent to an activating group) is 1. The number of carboxylic acids is 2. The minimum absolute atomic E-state index is 0.309. The van der Waals surface area contributed by atoms with E-state index >= 15 is 0 Å². The maximum Gasteiger partial charge on any atom is 0.365 e. The molecule has 0 heterocycles. The largest absolute Gasteiger partial charge is 0.481 e. The molecule has 0 fully saturated rings. The molecule has 0 rings (SSSR count). The van der Waals surface area contributed by atoms with Crippen LogP contribution in [0.25, 0.3) is 0 Å². The predicted octanol–water partition coefficient (Wildman–Crippen LogP) is 7.83. The third-order valence-electron chi connectivity index (χ3n) is 7.53. The van der Waals surface area contributed by atoms with Crippen LogP contribution in [0.2, 0.25) is 0 Å². The first-order valence-corrected chi connectivity index (χ1v) is 13.8. The molecule has 5 heteroatoms. The topological polar surface area (TPSA) is 74.6 Å². The van der Waals surface area contributed by atoms with Crippen molar-refractivity contribution in [2.45, 2.75) is 135 Å². The molecule has 0 aliphatic rings. The Kier molecular flexibility index (Phi) is 16.4. The molecular formula is C29H56NO4+. The van der Waals surface area contributed by atoms with Gasteiger partial charge in [-0.1, -0.05) is 76.9 Å². The van der Waals surface area contributed by atoms with E-state index in [1.807, 2.05) is 21.1 Å². The lowest BCUT2D eigenvalue weighted by molar-refractivity contribution is -0.915. The highest BCUT2D eigenvalue weighted by atomic mass is 16.4. The highest BCUT2D eigenvalue weighted by Crippen LogP contribution is 2.36. The normalized spacial score (nSPS) is 14.4. The van der Waals surface area contributed by atoms with Crippen molar-refractivity contribution in [3.63, 3.8) is 0 Å². The number of allylic oxidation sites excluding steroid dienone is 2. The molecule has 34 heavy (non-hydrogen) atoms. The van der Waals surface area contributed by atoms with E-state index < -0.39 is 22.9 Å². The molecule has 0 bridgehead atoms. The molecule has 0 aromatic heterocycles. The van der Waals surface area contributed by atoms with Crippen molar-refractivity contribution in [1.29, 1.82) is 0 Å². The van der Waals surface area contributed by atoms with Crippen molar-refractivity contribution in [2.24, 2.45) is 5.41 Å². The fourth-order valence-electron chi connectivity index (χ4n) is 4.59. The summed E-state index contributed by atoms with van der Waals surface area (Å²) < 4.78 is 0.309. The van der Waals surface area contributed by atoms with Crippen LogP contribution in [-0.2, 0) is 9.59 Å². The van der Waals surface area contributed by atoms with Crippen LogP contribution in [0.4, 0.5) is 0 Å². The van der Waals surface area contributed by atoms with Crippen LogP contribution in [0.15, 0.2) is 12.2 Å². The van der Waals surface area contributed by atoms with Crippen molar-refractivity contribution in [3.8, 4) is 0 Å². The van der Waals surface area contributed by atoms with Gasteiger partial charge in [-0.15, -0.1) is 0 Å². The fourth-order valence-corrected chi connectivity index (χ4v) is 4.59. The Morgan fingerprint density at radius 2 is 1.09 bits per heavy atom. The second-order valence-corrected chi connectivity index (χ2v) is 11.7. The van der Waals surface area contributed by atoms with Gasteiger partial charge in [-0.25, -0.2) is 4.79 Å². The lowest BCUT2D eigenvalue weighted by Gasteiger charge is -2.44. The molecule has 0 aliphatic carbocycles. The lowest BCUT2D eigenvalue weighted by atomic mass is 9.77. The second-order valence-electron chi connectivity index (χ2n) is 11.7. The highest BCUT2D eigenvalue weighted by molar-refractivity contribution is 5.78. The molecule has 0 aliphatic heterocycles. The Morgan fingerprint density at radius 1 is 0.647 bits per heavy atom. The monoisotopic (exact) mass is 482 g/mol. The molecule has 5 nitrogen and oxygen atoms in total. The number of quaternary nitrogens is 1. The van der Waals surface area contributed by atoms with Crippen molar-refractivity contribution >= 4 is 11.9 Å². The standard InChI is InChI=1S/C29H55NO4/c1-7-8-9-10-11-12-13-14-15-16-17-18-19-20-21-22-23-29(27(33)34,30(4,5)6)25-24-28(2,3)26(31)32/h14-15H,7-13,16-25H2,1-6H3,(H-,31,32,33,34)/p+1. The summed E-state index contributed by atoms with van der Waals surface area (Å²) in [4.78, 5) is 23.9. The minimum atomic E-state index is -0.951. The molecule has 0 radical (unpaired) electrons. The van der Waals surface area contributed by atoms with Gasteiger partial charge in [-0.2, -0.15) is 0 Å². The van der Waals surface area contributed by atoms with Gasteiger partial charge in [0.25, 0.3) is 0 Å². The maximum atomic E-state index is 12.4. The lowest BCUT2D eigenvalue weighted by Crippen LogP contribution is -2.62. The van der Waals surface area contributed by atoms with Gasteiger partial charge in [-0.3, -0.25) is 4.79 Å². The number of unbranched alkanes of at least 4 members (excludes halogenated alkanes) is 12. The average Bonchev–Trinajstić information content (AvgIpc) is 2.74. The number of carbonyl (C=O) groups is 2. The van der Waals surface area contributed by atoms with Gasteiger partial charge in [0.2, 0.25) is 0 Å². The zero-order valence-corrected chi connectivity index (χ0v) is 23.3. The van der Waals surface area contributed by atoms with Gasteiger partial charge >= 0.3 is 11.9 Å². The quantitative estimate of drug-likeness (QED) is 0.0936. The first-order chi connectivity index (χ1) is 15.9. The minimum Gasteiger partial charge on any atom is -0.481 e. The molecule has 200 valence electrons. The Hall–Kier alpha value is -1.36. The summed E-state index contributed by atoms with van der Waals surface area (Å²) in [6.45, 7) is 5.62. The summed E-state index contributed by atoms with van der Waals surface area (Å²) >= 11 is 0. The summed E-state index contributed by atoms with van der Waals surface area (Å²) in [6.07, 6.45) is 23.2. The summed E-state index contributed by atoms with van der Waals surface area (Å²) in [5, 5.41) is 19.6. The van der Waals surface area contributed by atoms with Gasteiger partial charge < -0.3 is 14.7 Å². The summed E-state index contributed by atoms with van der Waals surface area (Å²) in [5.74, 6) is -1.68. The van der Waals surface area contributed by atoms with Gasteiger partial charge in [0.1, 0.15) is 0 Å². The van der Waals surface area contributed by atoms with E-state index in [4.69, 9.17) is 0 Å². The van der Waals surface area contributed by atoms with Crippen LogP contribution in [0, 0.1) is 5.41 Å². The Morgan fingerprint density at radius 3 is 1.50 bits per heavy atom. The summed E-state index contributed by atoms with van der Waals surface area (Å²) in [7, 11) is 5.76. The van der Waals surface area contributed by atoms with Crippen LogP contribution in [0.5, 0.6) is 0 Å². The number of hydrogen-bond donors (Lipinski definition) is 2. The van der Waals surface area contributed by atoms with Crippen LogP contribution in [0.3, 0.4) is 0 Å². The number of carboxylic acid groups (broad SMARTS) is 2. The maximum absolute atomic E-state index is 12.4. The third kappa shape index (κ3) is 12.9. The Labute approximate surface area is 210 Å². The van der Waals surface area contributed by atoms with Crippen molar-refractivity contribution < 1.29 is 24.3 Å². The first kappa shape index (κ1) is 32.6. The molecule has 0 aromatic carbocycles. The van der Waals surface area contributed by atoms with E-state index in [-0.39, 0.29) is 0 Å². The molecule has 0 spiro atoms. The zero-order valence-electron chi connectivity index (χ0n) is 23.3. The molecule has 1 atom stereocenters. The smallest absolute Gasteiger partial charge is 0.365 e. The molecule has 0 saturated carbocycles. The predicted molar refractivity (Wildman–Crippen MR) is 143 cm³/mol. The third-order valence-corrected chi connectivity index (χ3v) is 7.53. The van der Waals surface area contributed by atoms with E-state index in [2.05, 4.69) is 19.1 Å². The summed E-state index contributed by atoms with van der Waals surface area (Å²) in [5.41, 5.74) is -1.87. The van der Waals surface area contributed by atoms with E-state index in [1.165, 1.54) is 70.6 Å². The van der Waals surface area contributed by atoms with Gasteiger partial charge in [0.15, 0.2) is 5.54 Å². The van der Waals surface area contributed by atoms with Gasteiger partial charge in [-0.05, 0) is 52.4 Å². The van der Waals surface area contributed by atoms with Gasteiger partial charge in [0.05, 0.1) is 26.6 Å². The molecular weight excluding hydrogens is 426 g/mol. The molecule has 0 aromatic rings. The zero-order chi connectivity index (χ0) is 26.1. The van der Waals surface area contributed by atoms with E-state index in [0.29, 0.717) is 23.7 Å². The number of rotatable bonds is 22. The van der Waals surface area contributed by atoms with Crippen molar-refractivity contribution in [1.82, 2.24) is 0 Å². The van der Waals surface area contributed by atoms with E-state index in [1.54, 1.807) is 13.8 Å². The van der Waals surface area contributed by atoms with Gasteiger partial charge in [0, 0.05) is 12.8 Å². The van der Waals surface area contributed by atoms with Crippen LogP contribution in [-0.4, -0.2) is 53.3 Å². The number of nitrogens with zero attached hydrogens (tertiary/aromatic N) is 1. The molecule has 1 unspecified atom stereocenters. The first-order valence-electron chi connectivity index (χ1n) is 13.8. The highest BCUT2D eigenvalue weighted by Gasteiger charge is 2.50. The van der Waals surface area contributed by atoms with Crippen molar-refractivity contribution in [3.05, 3.63) is 12.2 Å².